The van der Waals surface area contributed by atoms with E-state index in [-0.39, 0.29) is 5.75 Å². The van der Waals surface area contributed by atoms with Crippen molar-refractivity contribution in [2.24, 2.45) is 5.84 Å². The van der Waals surface area contributed by atoms with E-state index in [9.17, 15) is 5.11 Å². The number of methoxy groups -OCH3 is 1. The lowest BCUT2D eigenvalue weighted by Gasteiger charge is -2.10. The van der Waals surface area contributed by atoms with Crippen LogP contribution in [-0.4, -0.2) is 22.2 Å². The van der Waals surface area contributed by atoms with Crippen molar-refractivity contribution in [2.75, 3.05) is 12.5 Å². The van der Waals surface area contributed by atoms with E-state index in [0.717, 1.165) is 11.3 Å². The number of nitrogens with one attached hydrogen (secondary N) is 1. The molecule has 0 saturated carbocycles. The topological polar surface area (TPSA) is 93.3 Å². The van der Waals surface area contributed by atoms with E-state index in [1.54, 1.807) is 18.2 Å². The maximum Gasteiger partial charge on any atom is 0.161 e. The molecule has 1 aromatic heterocycles. The minimum absolute atomic E-state index is 0.0454. The van der Waals surface area contributed by atoms with Gasteiger partial charge >= 0.3 is 0 Å². The van der Waals surface area contributed by atoms with Crippen LogP contribution in [0.4, 0.5) is 5.82 Å². The first-order valence-corrected chi connectivity index (χ1v) is 5.76. The summed E-state index contributed by atoms with van der Waals surface area (Å²) in [5.74, 6) is 6.95. The molecule has 2 aromatic rings. The zero-order valence-electron chi connectivity index (χ0n) is 11.1. The van der Waals surface area contributed by atoms with E-state index in [1.807, 2.05) is 13.8 Å². The summed E-state index contributed by atoms with van der Waals surface area (Å²) in [7, 11) is 1.50. The van der Waals surface area contributed by atoms with E-state index < -0.39 is 0 Å². The van der Waals surface area contributed by atoms with Crippen LogP contribution in [0.25, 0.3) is 11.4 Å². The molecule has 6 heteroatoms. The Balaban J connectivity index is 2.53. The zero-order chi connectivity index (χ0) is 14.0. The van der Waals surface area contributed by atoms with Gasteiger partial charge in [0.25, 0.3) is 0 Å². The fraction of sp³-hybridized carbons (Fsp3) is 0.231. The largest absolute Gasteiger partial charge is 0.504 e. The highest BCUT2D eigenvalue weighted by Gasteiger charge is 2.11. The van der Waals surface area contributed by atoms with Crippen molar-refractivity contribution >= 4 is 5.82 Å². The fourth-order valence-corrected chi connectivity index (χ4v) is 1.73. The van der Waals surface area contributed by atoms with Gasteiger partial charge in [-0.1, -0.05) is 0 Å². The maximum atomic E-state index is 9.78. The summed E-state index contributed by atoms with van der Waals surface area (Å²) in [6.45, 7) is 3.77. The molecule has 1 heterocycles. The molecule has 4 N–H and O–H groups in total. The number of nitrogen functional groups attached to an aromatic ring is 1. The number of hydrazine groups is 1. The number of hydrogen-bond acceptors (Lipinski definition) is 6. The third-order valence-electron chi connectivity index (χ3n) is 2.96. The average molecular weight is 260 g/mol. The van der Waals surface area contributed by atoms with Gasteiger partial charge in [-0.3, -0.25) is 0 Å². The van der Waals surface area contributed by atoms with Gasteiger partial charge in [0.15, 0.2) is 17.3 Å². The first kappa shape index (κ1) is 13.1. The molecule has 0 radical (unpaired) electrons. The first-order chi connectivity index (χ1) is 9.06. The van der Waals surface area contributed by atoms with Crippen molar-refractivity contribution in [2.45, 2.75) is 13.8 Å². The van der Waals surface area contributed by atoms with Crippen LogP contribution in [0, 0.1) is 13.8 Å². The number of aryl methyl sites for hydroxylation is 1. The predicted octanol–water partition coefficient (Wildman–Crippen LogP) is 1.76. The molecular formula is C13H16N4O2. The van der Waals surface area contributed by atoms with Crippen LogP contribution in [0.3, 0.4) is 0 Å². The molecule has 1 aromatic carbocycles. The second kappa shape index (κ2) is 5.11. The van der Waals surface area contributed by atoms with E-state index in [4.69, 9.17) is 10.6 Å². The standard InChI is InChI=1S/C13H16N4O2/c1-7-8(2)15-13(16-12(7)17-14)9-4-5-11(19-3)10(18)6-9/h4-6,18H,14H2,1-3H3,(H,15,16,17). The van der Waals surface area contributed by atoms with Crippen molar-refractivity contribution in [3.63, 3.8) is 0 Å². The monoisotopic (exact) mass is 260 g/mol. The molecule has 0 bridgehead atoms. The summed E-state index contributed by atoms with van der Waals surface area (Å²) in [5, 5.41) is 9.78. The Bertz CT molecular complexity index is 614. The predicted molar refractivity (Wildman–Crippen MR) is 73.0 cm³/mol. The third-order valence-corrected chi connectivity index (χ3v) is 2.96. The number of phenolic OH excluding ortho intramolecular Hbond substituents is 1. The summed E-state index contributed by atoms with van der Waals surface area (Å²) in [5.41, 5.74) is 4.96. The van der Waals surface area contributed by atoms with E-state index in [0.29, 0.717) is 23.0 Å². The average Bonchev–Trinajstić information content (AvgIpc) is 2.41. The van der Waals surface area contributed by atoms with Gasteiger partial charge < -0.3 is 15.3 Å². The summed E-state index contributed by atoms with van der Waals surface area (Å²) in [6.07, 6.45) is 0. The zero-order valence-corrected chi connectivity index (χ0v) is 11.1. The number of anilines is 1. The van der Waals surface area contributed by atoms with Crippen molar-refractivity contribution in [1.82, 2.24) is 9.97 Å². The van der Waals surface area contributed by atoms with Crippen molar-refractivity contribution in [3.05, 3.63) is 29.5 Å². The number of aromatic nitrogens is 2. The normalized spacial score (nSPS) is 10.3. The summed E-state index contributed by atoms with van der Waals surface area (Å²) >= 11 is 0. The molecule has 0 aliphatic carbocycles. The molecule has 6 nitrogen and oxygen atoms in total. The van der Waals surface area contributed by atoms with Gasteiger partial charge in [0.05, 0.1) is 7.11 Å². The van der Waals surface area contributed by atoms with Gasteiger partial charge in [-0.25, -0.2) is 15.8 Å². The number of rotatable bonds is 3. The minimum Gasteiger partial charge on any atom is -0.504 e. The maximum absolute atomic E-state index is 9.78. The highest BCUT2D eigenvalue weighted by atomic mass is 16.5. The SMILES string of the molecule is COc1ccc(-c2nc(C)c(C)c(NN)n2)cc1O. The number of hydrogen-bond donors (Lipinski definition) is 3. The quantitative estimate of drug-likeness (QED) is 0.575. The van der Waals surface area contributed by atoms with Gasteiger partial charge in [0.2, 0.25) is 0 Å². The van der Waals surface area contributed by atoms with Crippen LogP contribution >= 0.6 is 0 Å². The van der Waals surface area contributed by atoms with E-state index >= 15 is 0 Å². The fourth-order valence-electron chi connectivity index (χ4n) is 1.73. The van der Waals surface area contributed by atoms with E-state index in [1.165, 1.54) is 7.11 Å². The molecule has 0 aliphatic heterocycles. The van der Waals surface area contributed by atoms with Crippen LogP contribution < -0.4 is 16.0 Å². The summed E-state index contributed by atoms with van der Waals surface area (Å²) in [4.78, 5) is 8.71. The van der Waals surface area contributed by atoms with Crippen LogP contribution in [0.15, 0.2) is 18.2 Å². The highest BCUT2D eigenvalue weighted by Crippen LogP contribution is 2.30. The third kappa shape index (κ3) is 2.43. The lowest BCUT2D eigenvalue weighted by atomic mass is 10.1. The van der Waals surface area contributed by atoms with Gasteiger partial charge in [-0.2, -0.15) is 0 Å². The Morgan fingerprint density at radius 2 is 2.00 bits per heavy atom. The highest BCUT2D eigenvalue weighted by molar-refractivity contribution is 5.63. The van der Waals surface area contributed by atoms with Gasteiger partial charge in [0, 0.05) is 16.8 Å². The number of ether oxygens (including phenoxy) is 1. The van der Waals surface area contributed by atoms with Crippen molar-refractivity contribution in [3.8, 4) is 22.9 Å². The van der Waals surface area contributed by atoms with Gasteiger partial charge in [-0.15, -0.1) is 0 Å². The molecular weight excluding hydrogens is 244 g/mol. The Morgan fingerprint density at radius 1 is 1.26 bits per heavy atom. The summed E-state index contributed by atoms with van der Waals surface area (Å²) in [6, 6.07) is 5.00. The second-order valence-corrected chi connectivity index (χ2v) is 4.14. The number of phenols is 1. The van der Waals surface area contributed by atoms with Crippen LogP contribution in [0.5, 0.6) is 11.5 Å². The summed E-state index contributed by atoms with van der Waals surface area (Å²) < 4.78 is 5.00. The van der Waals surface area contributed by atoms with Gasteiger partial charge in [-0.05, 0) is 32.0 Å². The molecule has 0 amide bonds. The molecule has 0 saturated heterocycles. The van der Waals surface area contributed by atoms with E-state index in [2.05, 4.69) is 15.4 Å². The van der Waals surface area contributed by atoms with Crippen molar-refractivity contribution < 1.29 is 9.84 Å². The van der Waals surface area contributed by atoms with Crippen LogP contribution in [0.2, 0.25) is 0 Å². The second-order valence-electron chi connectivity index (χ2n) is 4.14. The molecule has 0 fully saturated rings. The number of nitrogens with two attached hydrogens (primary N) is 1. The van der Waals surface area contributed by atoms with Crippen molar-refractivity contribution in [1.29, 1.82) is 0 Å². The minimum atomic E-state index is 0.0454. The Labute approximate surface area is 111 Å². The number of aromatic hydroxyl groups is 1. The molecule has 0 atom stereocenters. The number of benzene rings is 1. The Morgan fingerprint density at radius 3 is 2.58 bits per heavy atom. The Hall–Kier alpha value is -2.34. The molecule has 0 aliphatic rings. The number of nitrogens with zero attached hydrogens (tertiary/aromatic N) is 2. The Kier molecular flexibility index (Phi) is 3.52. The molecule has 0 unspecified atom stereocenters. The van der Waals surface area contributed by atoms with Gasteiger partial charge in [0.1, 0.15) is 5.82 Å². The molecule has 0 spiro atoms. The smallest absolute Gasteiger partial charge is 0.161 e. The first-order valence-electron chi connectivity index (χ1n) is 5.76. The van der Waals surface area contributed by atoms with Crippen LogP contribution in [-0.2, 0) is 0 Å². The lowest BCUT2D eigenvalue weighted by Crippen LogP contribution is -2.12. The molecule has 100 valence electrons. The van der Waals surface area contributed by atoms with Crippen LogP contribution in [0.1, 0.15) is 11.3 Å². The molecule has 2 rings (SSSR count). The molecule has 19 heavy (non-hydrogen) atoms. The lowest BCUT2D eigenvalue weighted by molar-refractivity contribution is 0.373.